The monoisotopic (exact) mass is 406 g/mol. The summed E-state index contributed by atoms with van der Waals surface area (Å²) in [5.74, 6) is 0. The van der Waals surface area contributed by atoms with Crippen molar-refractivity contribution in [2.24, 2.45) is 5.73 Å². The second-order valence-corrected chi connectivity index (χ2v) is 8.37. The SMILES string of the molecule is Cc1ccc(-c2cnn3cc(-c4ccc(C5(N)COC5)cc4)cnc23)c2ccccc12. The van der Waals surface area contributed by atoms with Crippen LogP contribution in [-0.4, -0.2) is 27.8 Å². The number of aryl methyl sites for hydroxylation is 1. The first-order valence-electron chi connectivity index (χ1n) is 10.4. The summed E-state index contributed by atoms with van der Waals surface area (Å²) in [7, 11) is 0. The Morgan fingerprint density at radius 1 is 0.871 bits per heavy atom. The van der Waals surface area contributed by atoms with Crippen LogP contribution in [0.3, 0.4) is 0 Å². The second kappa shape index (κ2) is 6.74. The zero-order valence-electron chi connectivity index (χ0n) is 17.2. The fourth-order valence-corrected chi connectivity index (χ4v) is 4.38. The number of nitrogens with zero attached hydrogens (tertiary/aromatic N) is 3. The average Bonchev–Trinajstić information content (AvgIpc) is 3.21. The van der Waals surface area contributed by atoms with E-state index < -0.39 is 0 Å². The maximum absolute atomic E-state index is 6.34. The van der Waals surface area contributed by atoms with E-state index in [9.17, 15) is 0 Å². The standard InChI is InChI=1S/C26H22N4O/c1-17-6-11-23(22-5-3-2-4-21(17)22)24-13-29-30-14-19(12-28-25(24)30)18-7-9-20(10-8-18)26(27)15-31-16-26/h2-14H,15-16,27H2,1H3. The number of fused-ring (bicyclic) bond motifs is 2. The van der Waals surface area contributed by atoms with Crippen molar-refractivity contribution in [2.75, 3.05) is 13.2 Å². The Labute approximate surface area is 180 Å². The number of hydrogen-bond donors (Lipinski definition) is 1. The molecule has 5 aromatic rings. The van der Waals surface area contributed by atoms with Crippen molar-refractivity contribution in [3.8, 4) is 22.3 Å². The number of nitrogens with two attached hydrogens (primary N) is 1. The van der Waals surface area contributed by atoms with Gasteiger partial charge in [-0.15, -0.1) is 0 Å². The van der Waals surface area contributed by atoms with Gasteiger partial charge in [0.1, 0.15) is 0 Å². The van der Waals surface area contributed by atoms with Crippen LogP contribution in [-0.2, 0) is 10.3 Å². The summed E-state index contributed by atoms with van der Waals surface area (Å²) in [6.07, 6.45) is 5.85. The van der Waals surface area contributed by atoms with Crippen LogP contribution in [0.4, 0.5) is 0 Å². The van der Waals surface area contributed by atoms with Crippen LogP contribution < -0.4 is 5.73 Å². The maximum Gasteiger partial charge on any atom is 0.162 e. The van der Waals surface area contributed by atoms with Crippen molar-refractivity contribution in [1.29, 1.82) is 0 Å². The van der Waals surface area contributed by atoms with E-state index in [4.69, 9.17) is 15.5 Å². The van der Waals surface area contributed by atoms with Crippen molar-refractivity contribution in [3.05, 3.63) is 90.4 Å². The van der Waals surface area contributed by atoms with Gasteiger partial charge in [-0.25, -0.2) is 9.50 Å². The van der Waals surface area contributed by atoms with Crippen molar-refractivity contribution < 1.29 is 4.74 Å². The average molecular weight is 406 g/mol. The molecule has 0 spiro atoms. The van der Waals surface area contributed by atoms with E-state index in [1.807, 2.05) is 23.1 Å². The summed E-state index contributed by atoms with van der Waals surface area (Å²) in [6, 6.07) is 21.1. The van der Waals surface area contributed by atoms with Gasteiger partial charge in [0.05, 0.1) is 24.9 Å². The summed E-state index contributed by atoms with van der Waals surface area (Å²) in [6.45, 7) is 3.29. The van der Waals surface area contributed by atoms with E-state index in [-0.39, 0.29) is 5.54 Å². The zero-order valence-corrected chi connectivity index (χ0v) is 17.2. The van der Waals surface area contributed by atoms with Crippen molar-refractivity contribution in [1.82, 2.24) is 14.6 Å². The third-order valence-corrected chi connectivity index (χ3v) is 6.30. The Bertz CT molecular complexity index is 1430. The summed E-state index contributed by atoms with van der Waals surface area (Å²) in [4.78, 5) is 4.78. The smallest absolute Gasteiger partial charge is 0.162 e. The predicted molar refractivity (Wildman–Crippen MR) is 123 cm³/mol. The molecule has 0 bridgehead atoms. The van der Waals surface area contributed by atoms with Crippen molar-refractivity contribution >= 4 is 16.4 Å². The van der Waals surface area contributed by atoms with Crippen molar-refractivity contribution in [2.45, 2.75) is 12.5 Å². The summed E-state index contributed by atoms with van der Waals surface area (Å²) < 4.78 is 7.14. The predicted octanol–water partition coefficient (Wildman–Crippen LogP) is 4.71. The molecular weight excluding hydrogens is 384 g/mol. The molecule has 2 N–H and O–H groups in total. The first-order chi connectivity index (χ1) is 15.1. The molecular formula is C26H22N4O. The first-order valence-corrected chi connectivity index (χ1v) is 10.4. The fourth-order valence-electron chi connectivity index (χ4n) is 4.38. The molecule has 5 heteroatoms. The van der Waals surface area contributed by atoms with Crippen LogP contribution in [0.1, 0.15) is 11.1 Å². The van der Waals surface area contributed by atoms with E-state index in [1.165, 1.54) is 16.3 Å². The summed E-state index contributed by atoms with van der Waals surface area (Å²) in [5.41, 5.74) is 13.5. The lowest BCUT2D eigenvalue weighted by Gasteiger charge is -2.38. The molecule has 1 fully saturated rings. The molecule has 0 saturated carbocycles. The fraction of sp³-hybridized carbons (Fsp3) is 0.154. The third-order valence-electron chi connectivity index (χ3n) is 6.30. The second-order valence-electron chi connectivity index (χ2n) is 8.37. The van der Waals surface area contributed by atoms with Crippen LogP contribution in [0.2, 0.25) is 0 Å². The largest absolute Gasteiger partial charge is 0.377 e. The van der Waals surface area contributed by atoms with Gasteiger partial charge in [0.15, 0.2) is 5.65 Å². The van der Waals surface area contributed by atoms with Crippen LogP contribution in [0.5, 0.6) is 0 Å². The van der Waals surface area contributed by atoms with Gasteiger partial charge in [-0.05, 0) is 39.9 Å². The Hall–Kier alpha value is -3.54. The lowest BCUT2D eigenvalue weighted by atomic mass is 9.88. The van der Waals surface area contributed by atoms with Gasteiger partial charge >= 0.3 is 0 Å². The first kappa shape index (κ1) is 18.2. The molecule has 1 aliphatic rings. The van der Waals surface area contributed by atoms with E-state index >= 15 is 0 Å². The highest BCUT2D eigenvalue weighted by molar-refractivity contribution is 6.01. The van der Waals surface area contributed by atoms with Gasteiger partial charge in [0.25, 0.3) is 0 Å². The minimum absolute atomic E-state index is 0.353. The summed E-state index contributed by atoms with van der Waals surface area (Å²) in [5, 5.41) is 7.08. The third kappa shape index (κ3) is 2.86. The molecule has 3 heterocycles. The molecule has 1 saturated heterocycles. The molecule has 0 aliphatic carbocycles. The van der Waals surface area contributed by atoms with Gasteiger partial charge in [-0.1, -0.05) is 60.7 Å². The highest BCUT2D eigenvalue weighted by Gasteiger charge is 2.35. The van der Waals surface area contributed by atoms with Crippen LogP contribution >= 0.6 is 0 Å². The molecule has 31 heavy (non-hydrogen) atoms. The Kier molecular flexibility index (Phi) is 3.96. The van der Waals surface area contributed by atoms with Crippen molar-refractivity contribution in [3.63, 3.8) is 0 Å². The minimum Gasteiger partial charge on any atom is -0.377 e. The molecule has 0 unspecified atom stereocenters. The number of hydrogen-bond acceptors (Lipinski definition) is 4. The maximum atomic E-state index is 6.34. The molecule has 0 amide bonds. The number of ether oxygens (including phenoxy) is 1. The highest BCUT2D eigenvalue weighted by Crippen LogP contribution is 2.33. The molecule has 0 radical (unpaired) electrons. The van der Waals surface area contributed by atoms with Crippen LogP contribution in [0.25, 0.3) is 38.7 Å². The molecule has 0 atom stereocenters. The molecule has 152 valence electrons. The normalized spacial score (nSPS) is 15.3. The van der Waals surface area contributed by atoms with E-state index in [1.54, 1.807) is 0 Å². The number of rotatable bonds is 3. The minimum atomic E-state index is -0.353. The van der Waals surface area contributed by atoms with Gasteiger partial charge in [-0.3, -0.25) is 0 Å². The Morgan fingerprint density at radius 2 is 1.65 bits per heavy atom. The Balaban J connectivity index is 1.41. The van der Waals surface area contributed by atoms with E-state index in [0.717, 1.165) is 33.5 Å². The Morgan fingerprint density at radius 3 is 2.39 bits per heavy atom. The highest BCUT2D eigenvalue weighted by atomic mass is 16.5. The topological polar surface area (TPSA) is 65.4 Å². The number of aromatic nitrogens is 3. The van der Waals surface area contributed by atoms with E-state index in [0.29, 0.717) is 13.2 Å². The van der Waals surface area contributed by atoms with Crippen LogP contribution in [0, 0.1) is 6.92 Å². The molecule has 2 aromatic heterocycles. The lowest BCUT2D eigenvalue weighted by molar-refractivity contribution is -0.0569. The van der Waals surface area contributed by atoms with E-state index in [2.05, 4.69) is 72.7 Å². The van der Waals surface area contributed by atoms with Crippen LogP contribution in [0.15, 0.2) is 79.3 Å². The lowest BCUT2D eigenvalue weighted by Crippen LogP contribution is -2.54. The number of benzene rings is 3. The van der Waals surface area contributed by atoms with Gasteiger partial charge in [-0.2, -0.15) is 5.10 Å². The summed E-state index contributed by atoms with van der Waals surface area (Å²) >= 11 is 0. The molecule has 1 aliphatic heterocycles. The molecule has 3 aromatic carbocycles. The molecule has 6 rings (SSSR count). The molecule has 5 nitrogen and oxygen atoms in total. The quantitative estimate of drug-likeness (QED) is 0.471. The van der Waals surface area contributed by atoms with Gasteiger partial charge < -0.3 is 10.5 Å². The zero-order chi connectivity index (χ0) is 21.0. The van der Waals surface area contributed by atoms with Gasteiger partial charge in [0.2, 0.25) is 0 Å². The van der Waals surface area contributed by atoms with Gasteiger partial charge in [0, 0.05) is 23.5 Å².